The maximum absolute atomic E-state index is 13.3. The number of nitrogens with two attached hydrogens (primary N) is 1. The first-order valence-electron chi connectivity index (χ1n) is 9.44. The average molecular weight is 391 g/mol. The molecule has 150 valence electrons. The Labute approximate surface area is 170 Å². The molecule has 1 amide bonds. The van der Waals surface area contributed by atoms with Crippen LogP contribution in [0.1, 0.15) is 22.4 Å². The third kappa shape index (κ3) is 4.80. The van der Waals surface area contributed by atoms with E-state index in [-0.39, 0.29) is 24.8 Å². The minimum atomic E-state index is -0.750. The Morgan fingerprint density at radius 2 is 1.72 bits per heavy atom. The number of anilines is 1. The average Bonchev–Trinajstić information content (AvgIpc) is 2.75. The van der Waals surface area contributed by atoms with Gasteiger partial charge in [-0.15, -0.1) is 0 Å². The van der Waals surface area contributed by atoms with Crippen LogP contribution in [0.5, 0.6) is 5.75 Å². The minimum absolute atomic E-state index is 0.0260. The molecule has 1 heterocycles. The van der Waals surface area contributed by atoms with Gasteiger partial charge in [-0.3, -0.25) is 9.78 Å². The number of aromatic hydroxyl groups is 1. The van der Waals surface area contributed by atoms with Gasteiger partial charge in [0.2, 0.25) is 5.91 Å². The van der Waals surface area contributed by atoms with Crippen molar-refractivity contribution in [2.24, 2.45) is 5.73 Å². The van der Waals surface area contributed by atoms with Gasteiger partial charge in [0.1, 0.15) is 5.75 Å². The zero-order valence-corrected chi connectivity index (χ0v) is 16.3. The monoisotopic (exact) mass is 391 g/mol. The van der Waals surface area contributed by atoms with Crippen LogP contribution in [0.2, 0.25) is 0 Å². The van der Waals surface area contributed by atoms with Crippen LogP contribution in [0.25, 0.3) is 0 Å². The number of pyridine rings is 1. The van der Waals surface area contributed by atoms with Crippen molar-refractivity contribution in [1.82, 2.24) is 4.98 Å². The number of hydrogen-bond donors (Lipinski definition) is 3. The van der Waals surface area contributed by atoms with Crippen LogP contribution in [0, 0.1) is 6.92 Å². The van der Waals surface area contributed by atoms with Gasteiger partial charge in [0.05, 0.1) is 24.9 Å². The largest absolute Gasteiger partial charge is 0.506 e. The van der Waals surface area contributed by atoms with E-state index in [9.17, 15) is 15.0 Å². The molecule has 0 fully saturated rings. The maximum Gasteiger partial charge on any atom is 0.244 e. The van der Waals surface area contributed by atoms with E-state index in [1.165, 1.54) is 6.20 Å². The molecule has 1 aromatic heterocycles. The SMILES string of the molecule is Cc1ncc(CO)c(CN(C(=O)[C@H](N)Cc2ccccc2)c2ccccc2)c1O. The van der Waals surface area contributed by atoms with Crippen molar-refractivity contribution < 1.29 is 15.0 Å². The van der Waals surface area contributed by atoms with E-state index in [2.05, 4.69) is 4.98 Å². The number of benzene rings is 2. The molecule has 4 N–H and O–H groups in total. The zero-order valence-electron chi connectivity index (χ0n) is 16.3. The van der Waals surface area contributed by atoms with E-state index in [0.29, 0.717) is 28.9 Å². The van der Waals surface area contributed by atoms with Gasteiger partial charge < -0.3 is 20.8 Å². The molecule has 1 atom stereocenters. The fourth-order valence-electron chi connectivity index (χ4n) is 3.21. The number of carbonyl (C=O) groups is 1. The highest BCUT2D eigenvalue weighted by Crippen LogP contribution is 2.28. The molecular weight excluding hydrogens is 366 g/mol. The summed E-state index contributed by atoms with van der Waals surface area (Å²) in [5, 5.41) is 20.2. The molecule has 0 aliphatic heterocycles. The fourth-order valence-corrected chi connectivity index (χ4v) is 3.21. The van der Waals surface area contributed by atoms with E-state index in [1.54, 1.807) is 11.8 Å². The second-order valence-corrected chi connectivity index (χ2v) is 6.91. The van der Waals surface area contributed by atoms with Gasteiger partial charge in [0.15, 0.2) is 0 Å². The summed E-state index contributed by atoms with van der Waals surface area (Å²) in [5.74, 6) is -0.292. The summed E-state index contributed by atoms with van der Waals surface area (Å²) in [7, 11) is 0. The second-order valence-electron chi connectivity index (χ2n) is 6.91. The van der Waals surface area contributed by atoms with Crippen LogP contribution >= 0.6 is 0 Å². The summed E-state index contributed by atoms with van der Waals surface area (Å²) in [4.78, 5) is 18.9. The quantitative estimate of drug-likeness (QED) is 0.575. The van der Waals surface area contributed by atoms with Crippen LogP contribution < -0.4 is 10.6 Å². The van der Waals surface area contributed by atoms with E-state index in [0.717, 1.165) is 5.56 Å². The molecule has 0 saturated carbocycles. The third-order valence-electron chi connectivity index (χ3n) is 4.87. The van der Waals surface area contributed by atoms with Crippen molar-refractivity contribution in [3.8, 4) is 5.75 Å². The van der Waals surface area contributed by atoms with Crippen molar-refractivity contribution in [1.29, 1.82) is 0 Å². The molecule has 6 nitrogen and oxygen atoms in total. The van der Waals surface area contributed by atoms with Gasteiger partial charge in [-0.25, -0.2) is 0 Å². The summed E-state index contributed by atoms with van der Waals surface area (Å²) in [6.07, 6.45) is 1.92. The predicted octanol–water partition coefficient (Wildman–Crippen LogP) is 2.69. The van der Waals surface area contributed by atoms with Crippen molar-refractivity contribution in [2.75, 3.05) is 4.90 Å². The number of rotatable bonds is 7. The Kier molecular flexibility index (Phi) is 6.59. The molecular formula is C23H25N3O3. The lowest BCUT2D eigenvalue weighted by Crippen LogP contribution is -2.45. The number of amides is 1. The zero-order chi connectivity index (χ0) is 20.8. The number of aliphatic hydroxyl groups is 1. The topological polar surface area (TPSA) is 99.7 Å². The number of aromatic nitrogens is 1. The standard InChI is InChI=1S/C23H25N3O3/c1-16-22(28)20(18(15-27)13-25-16)14-26(19-10-6-3-7-11-19)23(29)21(24)12-17-8-4-2-5-9-17/h2-11,13,21,27-28H,12,14-15,24H2,1H3/t21-/m1/s1. The smallest absolute Gasteiger partial charge is 0.244 e. The van der Waals surface area contributed by atoms with E-state index < -0.39 is 6.04 Å². The van der Waals surface area contributed by atoms with Gasteiger partial charge in [0, 0.05) is 23.0 Å². The van der Waals surface area contributed by atoms with Crippen LogP contribution in [0.15, 0.2) is 66.9 Å². The summed E-state index contributed by atoms with van der Waals surface area (Å²) < 4.78 is 0. The van der Waals surface area contributed by atoms with Crippen LogP contribution in [-0.4, -0.2) is 27.1 Å². The molecule has 0 radical (unpaired) electrons. The summed E-state index contributed by atoms with van der Waals surface area (Å²) in [6, 6.07) is 18.0. The van der Waals surface area contributed by atoms with Crippen molar-refractivity contribution in [3.63, 3.8) is 0 Å². The molecule has 3 rings (SSSR count). The Bertz CT molecular complexity index is 962. The maximum atomic E-state index is 13.3. The van der Waals surface area contributed by atoms with Crippen molar-refractivity contribution >= 4 is 11.6 Å². The fraction of sp³-hybridized carbons (Fsp3) is 0.217. The van der Waals surface area contributed by atoms with Gasteiger partial charge in [-0.2, -0.15) is 0 Å². The molecule has 0 bridgehead atoms. The normalized spacial score (nSPS) is 11.8. The van der Waals surface area contributed by atoms with E-state index >= 15 is 0 Å². The molecule has 0 spiro atoms. The van der Waals surface area contributed by atoms with E-state index in [4.69, 9.17) is 5.73 Å². The molecule has 0 aliphatic carbocycles. The lowest BCUT2D eigenvalue weighted by Gasteiger charge is -2.27. The van der Waals surface area contributed by atoms with Gasteiger partial charge in [0.25, 0.3) is 0 Å². The molecule has 29 heavy (non-hydrogen) atoms. The molecule has 6 heteroatoms. The van der Waals surface area contributed by atoms with E-state index in [1.807, 2.05) is 60.7 Å². The van der Waals surface area contributed by atoms with Gasteiger partial charge in [-0.1, -0.05) is 48.5 Å². The molecule has 3 aromatic rings. The molecule has 0 unspecified atom stereocenters. The number of nitrogens with zero attached hydrogens (tertiary/aromatic N) is 2. The summed E-state index contributed by atoms with van der Waals surface area (Å²) in [5.41, 5.74) is 9.27. The van der Waals surface area contributed by atoms with Crippen LogP contribution in [0.4, 0.5) is 5.69 Å². The summed E-state index contributed by atoms with van der Waals surface area (Å²) in [6.45, 7) is 1.47. The first kappa shape index (κ1) is 20.5. The first-order valence-corrected chi connectivity index (χ1v) is 9.44. The Hall–Kier alpha value is -3.22. The van der Waals surface area contributed by atoms with Crippen molar-refractivity contribution in [2.45, 2.75) is 32.5 Å². The molecule has 2 aromatic carbocycles. The van der Waals surface area contributed by atoms with Crippen molar-refractivity contribution in [3.05, 3.63) is 89.2 Å². The number of hydrogen-bond acceptors (Lipinski definition) is 5. The van der Waals surface area contributed by atoms with Gasteiger partial charge >= 0.3 is 0 Å². The number of aliphatic hydroxyl groups excluding tert-OH is 1. The minimum Gasteiger partial charge on any atom is -0.506 e. The lowest BCUT2D eigenvalue weighted by molar-refractivity contribution is -0.120. The number of para-hydroxylation sites is 1. The highest BCUT2D eigenvalue weighted by atomic mass is 16.3. The first-order chi connectivity index (χ1) is 14.0. The van der Waals surface area contributed by atoms with Crippen LogP contribution in [-0.2, 0) is 24.4 Å². The lowest BCUT2D eigenvalue weighted by atomic mass is 10.0. The second kappa shape index (κ2) is 9.32. The molecule has 0 aliphatic rings. The number of aryl methyl sites for hydroxylation is 1. The Balaban J connectivity index is 1.94. The number of carbonyl (C=O) groups excluding carboxylic acids is 1. The van der Waals surface area contributed by atoms with Gasteiger partial charge in [-0.05, 0) is 31.0 Å². The molecule has 0 saturated heterocycles. The highest BCUT2D eigenvalue weighted by Gasteiger charge is 2.25. The third-order valence-corrected chi connectivity index (χ3v) is 4.87. The highest BCUT2D eigenvalue weighted by molar-refractivity contribution is 5.97. The summed E-state index contributed by atoms with van der Waals surface area (Å²) >= 11 is 0. The Morgan fingerprint density at radius 3 is 2.34 bits per heavy atom. The predicted molar refractivity (Wildman–Crippen MR) is 112 cm³/mol. The Morgan fingerprint density at radius 1 is 1.10 bits per heavy atom. The van der Waals surface area contributed by atoms with Crippen LogP contribution in [0.3, 0.4) is 0 Å².